The van der Waals surface area contributed by atoms with E-state index in [1.54, 1.807) is 18.2 Å². The van der Waals surface area contributed by atoms with Crippen molar-refractivity contribution < 1.29 is 13.2 Å². The minimum atomic E-state index is -3.37. The third-order valence-corrected chi connectivity index (χ3v) is 8.75. The Balaban J connectivity index is 1.45. The highest BCUT2D eigenvalue weighted by atomic mass is 35.5. The van der Waals surface area contributed by atoms with Crippen LogP contribution in [0.25, 0.3) is 0 Å². The van der Waals surface area contributed by atoms with Gasteiger partial charge in [0.25, 0.3) is 5.91 Å². The van der Waals surface area contributed by atoms with Crippen LogP contribution in [0.4, 0.5) is 5.69 Å². The predicted molar refractivity (Wildman–Crippen MR) is 116 cm³/mol. The molecule has 3 aliphatic heterocycles. The first kappa shape index (κ1) is 20.9. The van der Waals surface area contributed by atoms with Crippen molar-refractivity contribution in [3.05, 3.63) is 28.8 Å². The first-order valence-electron chi connectivity index (χ1n) is 10.8. The fraction of sp³-hybridized carbons (Fsp3) is 0.667. The third-order valence-electron chi connectivity index (χ3n) is 6.58. The van der Waals surface area contributed by atoms with Gasteiger partial charge in [-0.25, -0.2) is 8.42 Å². The molecule has 1 N–H and O–H groups in total. The Kier molecular flexibility index (Phi) is 6.37. The van der Waals surface area contributed by atoms with Crippen molar-refractivity contribution in [1.29, 1.82) is 0 Å². The monoisotopic (exact) mass is 439 g/mol. The van der Waals surface area contributed by atoms with Gasteiger partial charge in [0.15, 0.2) is 0 Å². The van der Waals surface area contributed by atoms with Crippen molar-refractivity contribution in [2.45, 2.75) is 51.0 Å². The summed E-state index contributed by atoms with van der Waals surface area (Å²) < 4.78 is 26.2. The van der Waals surface area contributed by atoms with E-state index in [9.17, 15) is 13.2 Å². The first-order valence-corrected chi connectivity index (χ1v) is 12.8. The molecular weight excluding hydrogens is 410 g/mol. The molecule has 2 atom stereocenters. The molecule has 3 aliphatic rings. The molecule has 0 bridgehead atoms. The van der Waals surface area contributed by atoms with Gasteiger partial charge in [-0.05, 0) is 75.7 Å². The fourth-order valence-corrected chi connectivity index (χ4v) is 6.96. The van der Waals surface area contributed by atoms with Crippen LogP contribution in [0.3, 0.4) is 0 Å². The Morgan fingerprint density at radius 3 is 2.69 bits per heavy atom. The van der Waals surface area contributed by atoms with Crippen molar-refractivity contribution >= 4 is 33.2 Å². The second kappa shape index (κ2) is 8.82. The number of piperidine rings is 2. The summed E-state index contributed by atoms with van der Waals surface area (Å²) in [6, 6.07) is 5.50. The van der Waals surface area contributed by atoms with Crippen LogP contribution in [0.15, 0.2) is 18.2 Å². The van der Waals surface area contributed by atoms with Crippen LogP contribution in [0.5, 0.6) is 0 Å². The quantitative estimate of drug-likeness (QED) is 0.781. The van der Waals surface area contributed by atoms with Crippen LogP contribution >= 0.6 is 11.6 Å². The van der Waals surface area contributed by atoms with E-state index >= 15 is 0 Å². The summed E-state index contributed by atoms with van der Waals surface area (Å²) in [5, 5.41) is 3.45. The van der Waals surface area contributed by atoms with E-state index in [2.05, 4.69) is 10.2 Å². The smallest absolute Gasteiger partial charge is 0.251 e. The summed E-state index contributed by atoms with van der Waals surface area (Å²) in [5.41, 5.74) is 0.872. The third kappa shape index (κ3) is 4.57. The van der Waals surface area contributed by atoms with E-state index in [1.807, 2.05) is 0 Å². The van der Waals surface area contributed by atoms with Gasteiger partial charge >= 0.3 is 0 Å². The van der Waals surface area contributed by atoms with Gasteiger partial charge in [-0.1, -0.05) is 18.0 Å². The van der Waals surface area contributed by atoms with Crippen molar-refractivity contribution in [3.63, 3.8) is 0 Å². The largest absolute Gasteiger partial charge is 0.352 e. The maximum atomic E-state index is 12.8. The first-order chi connectivity index (χ1) is 14.0. The summed E-state index contributed by atoms with van der Waals surface area (Å²) >= 11 is 6.29. The summed E-state index contributed by atoms with van der Waals surface area (Å²) in [5.74, 6) is 0.451. The molecule has 3 saturated heterocycles. The van der Waals surface area contributed by atoms with E-state index in [0.29, 0.717) is 47.7 Å². The average molecular weight is 440 g/mol. The number of fused-ring (bicyclic) bond motifs is 1. The number of hydrogen-bond acceptors (Lipinski definition) is 4. The van der Waals surface area contributed by atoms with Gasteiger partial charge in [0.05, 0.1) is 16.5 Å². The zero-order valence-electron chi connectivity index (χ0n) is 16.8. The zero-order chi connectivity index (χ0) is 20.4. The lowest BCUT2D eigenvalue weighted by atomic mass is 9.83. The van der Waals surface area contributed by atoms with Gasteiger partial charge < -0.3 is 10.2 Å². The molecule has 1 amide bonds. The highest BCUT2D eigenvalue weighted by Gasteiger charge is 2.33. The van der Waals surface area contributed by atoms with Crippen LogP contribution in [0.2, 0.25) is 5.02 Å². The molecule has 29 heavy (non-hydrogen) atoms. The van der Waals surface area contributed by atoms with Gasteiger partial charge in [-0.15, -0.1) is 0 Å². The number of sulfonamides is 1. The van der Waals surface area contributed by atoms with Crippen LogP contribution in [-0.4, -0.2) is 57.2 Å². The number of nitrogens with one attached hydrogen (secondary N) is 1. The Bertz CT molecular complexity index is 859. The van der Waals surface area contributed by atoms with Crippen LogP contribution in [-0.2, 0) is 10.0 Å². The molecule has 0 aliphatic carbocycles. The number of benzene rings is 1. The molecular formula is C21H30ClN3O3S. The van der Waals surface area contributed by atoms with E-state index in [-0.39, 0.29) is 11.7 Å². The zero-order valence-corrected chi connectivity index (χ0v) is 18.3. The number of halogens is 1. The molecule has 3 fully saturated rings. The molecule has 8 heteroatoms. The van der Waals surface area contributed by atoms with Gasteiger partial charge in [0.2, 0.25) is 10.0 Å². The normalized spacial score (nSPS) is 27.3. The van der Waals surface area contributed by atoms with Gasteiger partial charge in [-0.3, -0.25) is 9.10 Å². The number of anilines is 1. The molecule has 1 aromatic rings. The topological polar surface area (TPSA) is 69.7 Å². The van der Waals surface area contributed by atoms with E-state index < -0.39 is 10.0 Å². The lowest BCUT2D eigenvalue weighted by Gasteiger charge is -2.44. The molecule has 0 unspecified atom stereocenters. The molecule has 1 aromatic carbocycles. The molecule has 0 saturated carbocycles. The van der Waals surface area contributed by atoms with Crippen molar-refractivity contribution in [3.8, 4) is 0 Å². The standard InChI is InChI=1S/C21H30ClN3O3S/c22-18-9-8-16(14-20(18)25-12-3-4-13-29(25,27)28)21(26)23-15-17-6-5-11-24-10-2-1-7-19(17)24/h8-9,14,17,19H,1-7,10-13,15H2,(H,23,26)/t17-,19-/m1/s1. The molecule has 3 heterocycles. The molecule has 6 nitrogen and oxygen atoms in total. The molecule has 160 valence electrons. The number of nitrogens with zero attached hydrogens (tertiary/aromatic N) is 2. The Morgan fingerprint density at radius 2 is 1.86 bits per heavy atom. The van der Waals surface area contributed by atoms with Gasteiger partial charge in [0, 0.05) is 24.7 Å². The lowest BCUT2D eigenvalue weighted by Crippen LogP contribution is -2.51. The summed E-state index contributed by atoms with van der Waals surface area (Å²) in [6.45, 7) is 3.44. The summed E-state index contributed by atoms with van der Waals surface area (Å²) in [7, 11) is -3.37. The van der Waals surface area contributed by atoms with Crippen LogP contribution < -0.4 is 9.62 Å². The number of rotatable bonds is 4. The van der Waals surface area contributed by atoms with Crippen LogP contribution in [0, 0.1) is 5.92 Å². The lowest BCUT2D eigenvalue weighted by molar-refractivity contribution is 0.0575. The Labute approximate surface area is 178 Å². The average Bonchev–Trinajstić information content (AvgIpc) is 2.72. The number of amides is 1. The number of carbonyl (C=O) groups is 1. The molecule has 0 spiro atoms. The van der Waals surface area contributed by atoms with E-state index in [4.69, 9.17) is 11.6 Å². The van der Waals surface area contributed by atoms with Crippen LogP contribution in [0.1, 0.15) is 55.3 Å². The second-order valence-electron chi connectivity index (χ2n) is 8.47. The minimum Gasteiger partial charge on any atom is -0.352 e. The highest BCUT2D eigenvalue weighted by Crippen LogP contribution is 2.32. The van der Waals surface area contributed by atoms with E-state index in [0.717, 1.165) is 12.8 Å². The Hall–Kier alpha value is -1.31. The second-order valence-corrected chi connectivity index (χ2v) is 10.9. The number of hydrogen-bond donors (Lipinski definition) is 1. The summed E-state index contributed by atoms with van der Waals surface area (Å²) in [6.07, 6.45) is 7.58. The SMILES string of the molecule is O=C(NC[C@H]1CCCN2CCCC[C@H]12)c1ccc(Cl)c(N2CCCCS2(=O)=O)c1. The number of carbonyl (C=O) groups excluding carboxylic acids is 1. The molecule has 0 radical (unpaired) electrons. The molecule has 0 aromatic heterocycles. The Morgan fingerprint density at radius 1 is 1.07 bits per heavy atom. The van der Waals surface area contributed by atoms with Crippen molar-refractivity contribution in [1.82, 2.24) is 10.2 Å². The molecule has 4 rings (SSSR count). The van der Waals surface area contributed by atoms with Crippen molar-refractivity contribution in [2.24, 2.45) is 5.92 Å². The van der Waals surface area contributed by atoms with E-state index in [1.165, 1.54) is 43.1 Å². The van der Waals surface area contributed by atoms with Gasteiger partial charge in [0.1, 0.15) is 0 Å². The highest BCUT2D eigenvalue weighted by molar-refractivity contribution is 7.92. The predicted octanol–water partition coefficient (Wildman–Crippen LogP) is 3.26. The van der Waals surface area contributed by atoms with Crippen molar-refractivity contribution in [2.75, 3.05) is 36.2 Å². The minimum absolute atomic E-state index is 0.124. The maximum Gasteiger partial charge on any atom is 0.251 e. The van der Waals surface area contributed by atoms with Gasteiger partial charge in [-0.2, -0.15) is 0 Å². The maximum absolute atomic E-state index is 12.8. The summed E-state index contributed by atoms with van der Waals surface area (Å²) in [4.78, 5) is 15.4. The fourth-order valence-electron chi connectivity index (χ4n) is 5.05.